The van der Waals surface area contributed by atoms with Gasteiger partial charge in [-0.3, -0.25) is 9.59 Å². The molecule has 1 unspecified atom stereocenters. The molecule has 0 aromatic heterocycles. The van der Waals surface area contributed by atoms with Gasteiger partial charge in [0, 0.05) is 6.54 Å². The summed E-state index contributed by atoms with van der Waals surface area (Å²) < 4.78 is 0. The van der Waals surface area contributed by atoms with Crippen molar-refractivity contribution >= 4 is 11.7 Å². The molecule has 3 rings (SSSR count). The summed E-state index contributed by atoms with van der Waals surface area (Å²) in [6.45, 7) is 2.43. The Balaban J connectivity index is 1.91. The number of hydrogen-bond donors (Lipinski definition) is 0. The summed E-state index contributed by atoms with van der Waals surface area (Å²) in [5.74, 6) is -1.06. The van der Waals surface area contributed by atoms with E-state index in [9.17, 15) is 14.9 Å². The Hall–Kier alpha value is -2.67. The summed E-state index contributed by atoms with van der Waals surface area (Å²) in [5.41, 5.74) is 1.38. The van der Waals surface area contributed by atoms with Crippen molar-refractivity contribution in [2.75, 3.05) is 0 Å². The van der Waals surface area contributed by atoms with Crippen molar-refractivity contribution in [1.29, 1.82) is 5.26 Å². The molecule has 21 heavy (non-hydrogen) atoms. The van der Waals surface area contributed by atoms with Gasteiger partial charge in [0.25, 0.3) is 0 Å². The number of ketones is 1. The zero-order valence-corrected chi connectivity index (χ0v) is 11.6. The van der Waals surface area contributed by atoms with E-state index in [-0.39, 0.29) is 11.7 Å². The average Bonchev–Trinajstić information content (AvgIpc) is 2.49. The Morgan fingerprint density at radius 2 is 1.81 bits per heavy atom. The molecule has 1 heterocycles. The molecule has 1 aliphatic heterocycles. The van der Waals surface area contributed by atoms with Crippen LogP contribution in [-0.2, 0) is 16.1 Å². The number of nitrogens with zero attached hydrogens (tertiary/aromatic N) is 2. The molecular weight excluding hydrogens is 264 g/mol. The van der Waals surface area contributed by atoms with Crippen molar-refractivity contribution in [3.8, 4) is 6.07 Å². The molecule has 104 valence electrons. The molecule has 0 radical (unpaired) electrons. The first-order chi connectivity index (χ1) is 10.1. The van der Waals surface area contributed by atoms with E-state index in [2.05, 4.69) is 0 Å². The maximum Gasteiger partial charge on any atom is 0.244 e. The zero-order valence-electron chi connectivity index (χ0n) is 11.6. The highest BCUT2D eigenvalue weighted by atomic mass is 16.2. The fraction of sp³-hybridized carbons (Fsp3) is 0.235. The molecule has 1 saturated heterocycles. The van der Waals surface area contributed by atoms with E-state index in [1.165, 1.54) is 12.2 Å². The summed E-state index contributed by atoms with van der Waals surface area (Å²) in [6.07, 6.45) is 6.19. The molecular formula is C17H14N2O2. The molecule has 1 fully saturated rings. The van der Waals surface area contributed by atoms with E-state index >= 15 is 0 Å². The molecule has 4 nitrogen and oxygen atoms in total. The minimum Gasteiger partial charge on any atom is -0.323 e. The Kier molecular flexibility index (Phi) is 2.99. The SMILES string of the molecule is Cc1ccc(CN2C(=O)C(C#N)C23C=CC(=O)C=C3)cc1. The van der Waals surface area contributed by atoms with Crippen LogP contribution in [0.25, 0.3) is 0 Å². The highest BCUT2D eigenvalue weighted by Gasteiger charge is 2.58. The van der Waals surface area contributed by atoms with E-state index in [0.717, 1.165) is 11.1 Å². The first-order valence-electron chi connectivity index (χ1n) is 6.76. The number of β-lactam (4-membered cyclic amide) rings is 1. The van der Waals surface area contributed by atoms with Crippen LogP contribution in [0.3, 0.4) is 0 Å². The fourth-order valence-corrected chi connectivity index (χ4v) is 2.80. The van der Waals surface area contributed by atoms with Gasteiger partial charge in [-0.05, 0) is 36.8 Å². The first kappa shape index (κ1) is 13.3. The van der Waals surface area contributed by atoms with E-state index in [1.54, 1.807) is 17.1 Å². The molecule has 1 spiro atoms. The van der Waals surface area contributed by atoms with Crippen molar-refractivity contribution in [2.24, 2.45) is 5.92 Å². The predicted octanol–water partition coefficient (Wildman–Crippen LogP) is 1.91. The summed E-state index contributed by atoms with van der Waals surface area (Å²) >= 11 is 0. The number of hydrogen-bond acceptors (Lipinski definition) is 3. The lowest BCUT2D eigenvalue weighted by atomic mass is 9.71. The highest BCUT2D eigenvalue weighted by Crippen LogP contribution is 2.42. The Bertz CT molecular complexity index is 691. The lowest BCUT2D eigenvalue weighted by Gasteiger charge is -2.52. The highest BCUT2D eigenvalue weighted by molar-refractivity contribution is 6.03. The number of amides is 1. The lowest BCUT2D eigenvalue weighted by Crippen LogP contribution is -2.68. The Morgan fingerprint density at radius 1 is 1.19 bits per heavy atom. The third-order valence-electron chi connectivity index (χ3n) is 4.06. The molecule has 1 aliphatic carbocycles. The van der Waals surface area contributed by atoms with Crippen molar-refractivity contribution in [3.63, 3.8) is 0 Å². The summed E-state index contributed by atoms with van der Waals surface area (Å²) in [7, 11) is 0. The van der Waals surface area contributed by atoms with Gasteiger partial charge in [0.2, 0.25) is 5.91 Å². The van der Waals surface area contributed by atoms with Crippen molar-refractivity contribution in [3.05, 3.63) is 59.7 Å². The summed E-state index contributed by atoms with van der Waals surface area (Å²) in [6, 6.07) is 9.97. The molecule has 1 amide bonds. The van der Waals surface area contributed by atoms with E-state index in [4.69, 9.17) is 0 Å². The van der Waals surface area contributed by atoms with E-state index in [0.29, 0.717) is 6.54 Å². The number of nitriles is 1. The normalized spacial score (nSPS) is 22.3. The standard InChI is InChI=1S/C17H14N2O2/c1-12-2-4-13(5-3-12)11-19-16(21)15(10-18)17(19)8-6-14(20)7-9-17/h2-9,15H,11H2,1H3. The van der Waals surface area contributed by atoms with Gasteiger partial charge in [0.1, 0.15) is 5.54 Å². The third kappa shape index (κ3) is 1.98. The Labute approximate surface area is 123 Å². The van der Waals surface area contributed by atoms with Gasteiger partial charge in [-0.2, -0.15) is 5.26 Å². The van der Waals surface area contributed by atoms with Gasteiger partial charge < -0.3 is 4.90 Å². The van der Waals surface area contributed by atoms with Gasteiger partial charge >= 0.3 is 0 Å². The van der Waals surface area contributed by atoms with Crippen LogP contribution in [0.5, 0.6) is 0 Å². The number of rotatable bonds is 2. The van der Waals surface area contributed by atoms with Crippen LogP contribution in [0.4, 0.5) is 0 Å². The van der Waals surface area contributed by atoms with Gasteiger partial charge in [0.05, 0.1) is 6.07 Å². The first-order valence-corrected chi connectivity index (χ1v) is 6.76. The number of aryl methyl sites for hydroxylation is 1. The lowest BCUT2D eigenvalue weighted by molar-refractivity contribution is -0.156. The van der Waals surface area contributed by atoms with Crippen LogP contribution in [-0.4, -0.2) is 22.1 Å². The second-order valence-corrected chi connectivity index (χ2v) is 5.43. The number of carbonyl (C=O) groups is 2. The monoisotopic (exact) mass is 278 g/mol. The smallest absolute Gasteiger partial charge is 0.244 e. The number of allylic oxidation sites excluding steroid dienone is 2. The topological polar surface area (TPSA) is 61.2 Å². The summed E-state index contributed by atoms with van der Waals surface area (Å²) in [4.78, 5) is 25.1. The molecule has 0 N–H and O–H groups in total. The van der Waals surface area contributed by atoms with Crippen LogP contribution in [0.2, 0.25) is 0 Å². The average molecular weight is 278 g/mol. The zero-order chi connectivity index (χ0) is 15.0. The van der Waals surface area contributed by atoms with Crippen molar-refractivity contribution in [1.82, 2.24) is 4.90 Å². The van der Waals surface area contributed by atoms with Crippen molar-refractivity contribution in [2.45, 2.75) is 19.0 Å². The number of benzene rings is 1. The maximum absolute atomic E-state index is 12.2. The second kappa shape index (κ2) is 4.71. The van der Waals surface area contributed by atoms with E-state index < -0.39 is 11.5 Å². The van der Waals surface area contributed by atoms with Gasteiger partial charge in [0.15, 0.2) is 11.7 Å². The van der Waals surface area contributed by atoms with Crippen LogP contribution in [0.15, 0.2) is 48.6 Å². The van der Waals surface area contributed by atoms with Crippen LogP contribution < -0.4 is 0 Å². The number of likely N-dealkylation sites (tertiary alicyclic amines) is 1. The van der Waals surface area contributed by atoms with Gasteiger partial charge in [-0.1, -0.05) is 29.8 Å². The molecule has 1 aromatic rings. The molecule has 1 atom stereocenters. The molecule has 0 saturated carbocycles. The van der Waals surface area contributed by atoms with E-state index in [1.807, 2.05) is 37.3 Å². The predicted molar refractivity (Wildman–Crippen MR) is 76.9 cm³/mol. The van der Waals surface area contributed by atoms with Crippen LogP contribution >= 0.6 is 0 Å². The number of carbonyl (C=O) groups excluding carboxylic acids is 2. The molecule has 0 bridgehead atoms. The quantitative estimate of drug-likeness (QED) is 0.776. The molecule has 2 aliphatic rings. The van der Waals surface area contributed by atoms with Crippen LogP contribution in [0, 0.1) is 24.2 Å². The molecule has 4 heteroatoms. The minimum absolute atomic E-state index is 0.119. The maximum atomic E-state index is 12.2. The third-order valence-corrected chi connectivity index (χ3v) is 4.06. The second-order valence-electron chi connectivity index (χ2n) is 5.43. The van der Waals surface area contributed by atoms with Gasteiger partial charge in [-0.25, -0.2) is 0 Å². The summed E-state index contributed by atoms with van der Waals surface area (Å²) in [5, 5.41) is 9.21. The van der Waals surface area contributed by atoms with Gasteiger partial charge in [-0.15, -0.1) is 0 Å². The Morgan fingerprint density at radius 3 is 2.38 bits per heavy atom. The largest absolute Gasteiger partial charge is 0.323 e. The minimum atomic E-state index is -0.773. The van der Waals surface area contributed by atoms with Crippen LogP contribution in [0.1, 0.15) is 11.1 Å². The van der Waals surface area contributed by atoms with Crippen molar-refractivity contribution < 1.29 is 9.59 Å². The molecule has 1 aromatic carbocycles. The fourth-order valence-electron chi connectivity index (χ4n) is 2.80.